The highest BCUT2D eigenvalue weighted by Crippen LogP contribution is 2.31. The largest absolute Gasteiger partial charge is 0.435 e. The highest BCUT2D eigenvalue weighted by Gasteiger charge is 2.08. The molecule has 0 saturated heterocycles. The first kappa shape index (κ1) is 10.3. The summed E-state index contributed by atoms with van der Waals surface area (Å²) in [7, 11) is 0. The molecule has 0 amide bonds. The molecule has 0 atom stereocenters. The Bertz CT molecular complexity index is 525. The van der Waals surface area contributed by atoms with Gasteiger partial charge in [0, 0.05) is 17.8 Å². The predicted molar refractivity (Wildman–Crippen MR) is 55.3 cm³/mol. The van der Waals surface area contributed by atoms with Gasteiger partial charge in [-0.15, -0.1) is 10.0 Å². The van der Waals surface area contributed by atoms with Crippen LogP contribution in [0.5, 0.6) is 11.6 Å². The summed E-state index contributed by atoms with van der Waals surface area (Å²) in [5, 5.41) is 9.19. The van der Waals surface area contributed by atoms with Crippen molar-refractivity contribution in [2.45, 2.75) is 6.92 Å². The third-order valence-electron chi connectivity index (χ3n) is 1.92. The number of hydrogen-bond donors (Lipinski definition) is 1. The summed E-state index contributed by atoms with van der Waals surface area (Å²) >= 11 is 0. The van der Waals surface area contributed by atoms with E-state index in [-0.39, 0.29) is 11.4 Å². The van der Waals surface area contributed by atoms with E-state index < -0.39 is 5.82 Å². The van der Waals surface area contributed by atoms with Crippen molar-refractivity contribution in [2.75, 3.05) is 0 Å². The molecule has 1 aromatic heterocycles. The number of aryl methyl sites for hydroxylation is 1. The summed E-state index contributed by atoms with van der Waals surface area (Å²) in [5.74, 6) is -0.0722. The van der Waals surface area contributed by atoms with Crippen LogP contribution in [0.2, 0.25) is 0 Å². The Morgan fingerprint density at radius 2 is 2.25 bits per heavy atom. The smallest absolute Gasteiger partial charge is 0.238 e. The van der Waals surface area contributed by atoms with E-state index >= 15 is 0 Å². The molecule has 0 aliphatic heterocycles. The number of rotatable bonds is 3. The molecule has 0 spiro atoms. The number of nitrogens with zero attached hydrogens (tertiary/aromatic N) is 2. The van der Waals surface area contributed by atoms with E-state index in [4.69, 9.17) is 4.74 Å². The number of H-pyrrole nitrogens is 1. The average Bonchev–Trinajstić information content (AvgIpc) is 2.67. The van der Waals surface area contributed by atoms with E-state index in [0.29, 0.717) is 5.88 Å². The lowest BCUT2D eigenvalue weighted by molar-refractivity contribution is 0.461. The molecule has 1 N–H and O–H groups in total. The fourth-order valence-corrected chi connectivity index (χ4v) is 1.21. The van der Waals surface area contributed by atoms with Crippen molar-refractivity contribution in [3.05, 3.63) is 40.7 Å². The lowest BCUT2D eigenvalue weighted by Gasteiger charge is -2.03. The molecule has 0 bridgehead atoms. The number of nitroso groups, excluding NO2 is 1. The van der Waals surface area contributed by atoms with Crippen LogP contribution in [0.25, 0.3) is 0 Å². The molecule has 0 aliphatic rings. The summed E-state index contributed by atoms with van der Waals surface area (Å²) in [4.78, 5) is 10.5. The van der Waals surface area contributed by atoms with Gasteiger partial charge >= 0.3 is 0 Å². The summed E-state index contributed by atoms with van der Waals surface area (Å²) in [5.41, 5.74) is 0.721. The Morgan fingerprint density at radius 3 is 2.88 bits per heavy atom. The lowest BCUT2D eigenvalue weighted by Crippen LogP contribution is -1.85. The second-order valence-corrected chi connectivity index (χ2v) is 3.19. The van der Waals surface area contributed by atoms with E-state index in [1.54, 1.807) is 6.07 Å². The van der Waals surface area contributed by atoms with Crippen LogP contribution in [0, 0.1) is 17.6 Å². The quantitative estimate of drug-likeness (QED) is 0.810. The van der Waals surface area contributed by atoms with E-state index in [9.17, 15) is 9.30 Å². The molecule has 1 aromatic carbocycles. The van der Waals surface area contributed by atoms with Gasteiger partial charge in [-0.2, -0.15) is 0 Å². The van der Waals surface area contributed by atoms with Gasteiger partial charge in [-0.05, 0) is 24.2 Å². The highest BCUT2D eigenvalue weighted by atomic mass is 19.1. The fraction of sp³-hybridized carbons (Fsp3) is 0.100. The first-order valence-corrected chi connectivity index (χ1v) is 4.52. The van der Waals surface area contributed by atoms with Gasteiger partial charge in [0.15, 0.2) is 11.4 Å². The SMILES string of the molecule is Cc1cc(Oc2ccc(F)cc2N=O)n[nH]1. The van der Waals surface area contributed by atoms with Gasteiger partial charge in [-0.3, -0.25) is 5.10 Å². The van der Waals surface area contributed by atoms with E-state index in [1.807, 2.05) is 6.92 Å². The van der Waals surface area contributed by atoms with Crippen LogP contribution >= 0.6 is 0 Å². The van der Waals surface area contributed by atoms with Gasteiger partial charge in [0.05, 0.1) is 0 Å². The third kappa shape index (κ3) is 2.05. The van der Waals surface area contributed by atoms with Crippen molar-refractivity contribution < 1.29 is 9.13 Å². The minimum atomic E-state index is -0.542. The second kappa shape index (κ2) is 4.09. The number of ether oxygens (including phenoxy) is 1. The maximum absolute atomic E-state index is 12.8. The van der Waals surface area contributed by atoms with Crippen molar-refractivity contribution >= 4 is 5.69 Å². The van der Waals surface area contributed by atoms with Crippen LogP contribution in [-0.4, -0.2) is 10.2 Å². The molecule has 82 valence electrons. The topological polar surface area (TPSA) is 67.3 Å². The number of halogens is 1. The molecular weight excluding hydrogens is 213 g/mol. The molecular formula is C10H8FN3O2. The molecule has 16 heavy (non-hydrogen) atoms. The maximum atomic E-state index is 12.8. The van der Waals surface area contributed by atoms with Crippen LogP contribution in [0.4, 0.5) is 10.1 Å². The Kier molecular flexibility index (Phi) is 2.63. The van der Waals surface area contributed by atoms with Crippen LogP contribution < -0.4 is 4.74 Å². The zero-order valence-electron chi connectivity index (χ0n) is 8.40. The minimum Gasteiger partial charge on any atom is -0.435 e. The molecule has 0 saturated carbocycles. The van der Waals surface area contributed by atoms with E-state index in [0.717, 1.165) is 11.8 Å². The first-order valence-electron chi connectivity index (χ1n) is 4.52. The molecule has 0 aliphatic carbocycles. The van der Waals surface area contributed by atoms with Crippen molar-refractivity contribution in [3.63, 3.8) is 0 Å². The molecule has 0 radical (unpaired) electrons. The van der Waals surface area contributed by atoms with Gasteiger partial charge in [-0.25, -0.2) is 4.39 Å². The standard InChI is InChI=1S/C10H8FN3O2/c1-6-4-10(13-12-6)16-9-3-2-7(11)5-8(9)14-15/h2-5H,1H3,(H,12,13). The van der Waals surface area contributed by atoms with Gasteiger partial charge in [0.25, 0.3) is 0 Å². The number of aromatic amines is 1. The van der Waals surface area contributed by atoms with Crippen molar-refractivity contribution in [3.8, 4) is 11.6 Å². The van der Waals surface area contributed by atoms with Crippen molar-refractivity contribution in [1.82, 2.24) is 10.2 Å². The normalized spacial score (nSPS) is 10.1. The number of hydrogen-bond acceptors (Lipinski definition) is 4. The number of benzene rings is 1. The van der Waals surface area contributed by atoms with E-state index in [1.165, 1.54) is 12.1 Å². The molecule has 2 aromatic rings. The molecule has 0 unspecified atom stereocenters. The van der Waals surface area contributed by atoms with Crippen molar-refractivity contribution in [2.24, 2.45) is 5.18 Å². The Labute approximate surface area is 90.2 Å². The van der Waals surface area contributed by atoms with Crippen LogP contribution in [0.3, 0.4) is 0 Å². The third-order valence-corrected chi connectivity index (χ3v) is 1.92. The lowest BCUT2D eigenvalue weighted by atomic mass is 10.3. The summed E-state index contributed by atoms with van der Waals surface area (Å²) < 4.78 is 18.1. The predicted octanol–water partition coefficient (Wildman–Crippen LogP) is 3.05. The number of nitrogens with one attached hydrogen (secondary N) is 1. The average molecular weight is 221 g/mol. The number of aromatic nitrogens is 2. The zero-order valence-corrected chi connectivity index (χ0v) is 8.40. The zero-order chi connectivity index (χ0) is 11.5. The van der Waals surface area contributed by atoms with Crippen LogP contribution in [0.15, 0.2) is 29.4 Å². The molecule has 2 rings (SSSR count). The fourth-order valence-electron chi connectivity index (χ4n) is 1.21. The van der Waals surface area contributed by atoms with Gasteiger partial charge < -0.3 is 4.74 Å². The minimum absolute atomic E-state index is 0.0966. The van der Waals surface area contributed by atoms with Gasteiger partial charge in [-0.1, -0.05) is 0 Å². The summed E-state index contributed by atoms with van der Waals surface area (Å²) in [6.45, 7) is 1.81. The first-order chi connectivity index (χ1) is 7.69. The second-order valence-electron chi connectivity index (χ2n) is 3.19. The Balaban J connectivity index is 2.30. The maximum Gasteiger partial charge on any atom is 0.238 e. The van der Waals surface area contributed by atoms with Crippen LogP contribution in [-0.2, 0) is 0 Å². The van der Waals surface area contributed by atoms with Gasteiger partial charge in [0.1, 0.15) is 5.82 Å². The molecule has 0 fully saturated rings. The molecule has 5 nitrogen and oxygen atoms in total. The molecule has 6 heteroatoms. The van der Waals surface area contributed by atoms with Crippen LogP contribution in [0.1, 0.15) is 5.69 Å². The Morgan fingerprint density at radius 1 is 1.44 bits per heavy atom. The van der Waals surface area contributed by atoms with E-state index in [2.05, 4.69) is 15.4 Å². The van der Waals surface area contributed by atoms with Gasteiger partial charge in [0.2, 0.25) is 5.88 Å². The monoisotopic (exact) mass is 221 g/mol. The summed E-state index contributed by atoms with van der Waals surface area (Å²) in [6, 6.07) is 5.17. The highest BCUT2D eigenvalue weighted by molar-refractivity contribution is 5.52. The molecule has 1 heterocycles. The summed E-state index contributed by atoms with van der Waals surface area (Å²) in [6.07, 6.45) is 0. The Hall–Kier alpha value is -2.24. The van der Waals surface area contributed by atoms with Crippen molar-refractivity contribution in [1.29, 1.82) is 0 Å².